The van der Waals surface area contributed by atoms with Gasteiger partial charge in [-0.25, -0.2) is 4.57 Å². The molecule has 0 bridgehead atoms. The van der Waals surface area contributed by atoms with Crippen molar-refractivity contribution in [2.45, 2.75) is 264 Å². The fourth-order valence-corrected chi connectivity index (χ4v) is 8.68. The summed E-state index contributed by atoms with van der Waals surface area (Å²) in [5, 5.41) is 9.82. The number of aliphatic hydroxyl groups excluding tert-OH is 1. The third kappa shape index (κ3) is 53.5. The van der Waals surface area contributed by atoms with Gasteiger partial charge in [-0.1, -0.05) is 228 Å². The van der Waals surface area contributed by atoms with Gasteiger partial charge in [0.15, 0.2) is 6.10 Å². The zero-order valence-electron chi connectivity index (χ0n) is 47.0. The van der Waals surface area contributed by atoms with E-state index in [0.717, 1.165) is 135 Å². The molecule has 0 rings (SSSR count). The molecule has 12 heteroatoms. The van der Waals surface area contributed by atoms with Gasteiger partial charge in [0.25, 0.3) is 0 Å². The van der Waals surface area contributed by atoms with Crippen LogP contribution in [0.3, 0.4) is 0 Å². The van der Waals surface area contributed by atoms with Crippen molar-refractivity contribution in [1.29, 1.82) is 0 Å². The number of ether oxygens (including phenoxy) is 3. The summed E-state index contributed by atoms with van der Waals surface area (Å²) in [4.78, 5) is 48.5. The number of hydrogen-bond acceptors (Lipinski definition) is 10. The highest BCUT2D eigenvalue weighted by Gasteiger charge is 2.28. The van der Waals surface area contributed by atoms with Gasteiger partial charge in [-0.05, 0) is 89.9 Å². The van der Waals surface area contributed by atoms with Crippen molar-refractivity contribution in [3.8, 4) is 0 Å². The van der Waals surface area contributed by atoms with Gasteiger partial charge in [-0.3, -0.25) is 23.4 Å². The Morgan fingerprint density at radius 2 is 0.703 bits per heavy atom. The van der Waals surface area contributed by atoms with Gasteiger partial charge in [-0.15, -0.1) is 0 Å². The summed E-state index contributed by atoms with van der Waals surface area (Å²) in [7, 11) is -4.76. The second-order valence-corrected chi connectivity index (χ2v) is 20.9. The van der Waals surface area contributed by atoms with Gasteiger partial charge < -0.3 is 24.2 Å². The van der Waals surface area contributed by atoms with E-state index in [1.54, 1.807) is 0 Å². The van der Waals surface area contributed by atoms with Crippen LogP contribution in [0, 0.1) is 0 Å². The Morgan fingerprint density at radius 1 is 0.392 bits per heavy atom. The van der Waals surface area contributed by atoms with E-state index in [2.05, 4.69) is 106 Å². The predicted molar refractivity (Wildman–Crippen MR) is 307 cm³/mol. The number of carbonyl (C=O) groups is 3. The quantitative estimate of drug-likeness (QED) is 0.0197. The Bertz CT molecular complexity index is 1560. The Morgan fingerprint density at radius 3 is 1.08 bits per heavy atom. The standard InChI is InChI=1S/C62H107O11P/c1-4-7-10-13-16-19-22-24-26-28-29-31-33-35-38-41-44-47-50-53-62(66)73-59(55-69-60(64)51-48-45-42-39-36-21-18-15-12-9-6-3)57-71-74(67,68)70-56-58(54-63)72-61(65)52-49-46-43-40-37-34-32-30-27-25-23-20-17-14-11-8-5-2/h7-8,10-11,16-17,19-20,24-27,29,31,58-59,63H,4-6,9,12-15,18,21-23,28,30,32-57H2,1-3H3,(H,67,68)/b10-7-,11-8-,19-16-,20-17-,26-24-,27-25-,31-29-. The summed E-state index contributed by atoms with van der Waals surface area (Å²) in [5.74, 6) is -1.49. The van der Waals surface area contributed by atoms with Crippen molar-refractivity contribution in [3.63, 3.8) is 0 Å². The largest absolute Gasteiger partial charge is 0.472 e. The molecule has 11 nitrogen and oxygen atoms in total. The van der Waals surface area contributed by atoms with Crippen molar-refractivity contribution in [1.82, 2.24) is 0 Å². The molecule has 426 valence electrons. The fourth-order valence-electron chi connectivity index (χ4n) is 7.89. The first kappa shape index (κ1) is 70.7. The lowest BCUT2D eigenvalue weighted by molar-refractivity contribution is -0.161. The van der Waals surface area contributed by atoms with Crippen molar-refractivity contribution >= 4 is 25.7 Å². The number of allylic oxidation sites excluding steroid dienone is 14. The van der Waals surface area contributed by atoms with Crippen LogP contribution in [0.1, 0.15) is 252 Å². The summed E-state index contributed by atoms with van der Waals surface area (Å²) >= 11 is 0. The molecule has 3 unspecified atom stereocenters. The molecule has 0 heterocycles. The van der Waals surface area contributed by atoms with E-state index >= 15 is 0 Å². The number of phosphoric ester groups is 1. The van der Waals surface area contributed by atoms with Crippen molar-refractivity contribution in [3.05, 3.63) is 85.1 Å². The van der Waals surface area contributed by atoms with Crippen LogP contribution in [-0.4, -0.2) is 66.5 Å². The van der Waals surface area contributed by atoms with Gasteiger partial charge in [0.2, 0.25) is 0 Å². The van der Waals surface area contributed by atoms with Crippen LogP contribution in [0.4, 0.5) is 0 Å². The minimum Gasteiger partial charge on any atom is -0.462 e. The van der Waals surface area contributed by atoms with E-state index in [9.17, 15) is 28.9 Å². The highest BCUT2D eigenvalue weighted by atomic mass is 31.2. The van der Waals surface area contributed by atoms with Crippen LogP contribution in [0.15, 0.2) is 85.1 Å². The molecule has 0 aliphatic rings. The van der Waals surface area contributed by atoms with E-state index in [1.165, 1.54) is 57.8 Å². The normalized spacial score (nSPS) is 14.0. The lowest BCUT2D eigenvalue weighted by Crippen LogP contribution is -2.30. The van der Waals surface area contributed by atoms with Crippen LogP contribution in [0.25, 0.3) is 0 Å². The van der Waals surface area contributed by atoms with E-state index in [1.807, 2.05) is 0 Å². The summed E-state index contributed by atoms with van der Waals surface area (Å²) in [5.41, 5.74) is 0. The lowest BCUT2D eigenvalue weighted by atomic mass is 10.1. The first-order valence-corrected chi connectivity index (χ1v) is 31.0. The van der Waals surface area contributed by atoms with Gasteiger partial charge in [-0.2, -0.15) is 0 Å². The molecule has 0 spiro atoms. The molecule has 2 N–H and O–H groups in total. The maximum absolute atomic E-state index is 12.9. The summed E-state index contributed by atoms with van der Waals surface area (Å²) < 4.78 is 39.5. The third-order valence-electron chi connectivity index (χ3n) is 12.3. The maximum Gasteiger partial charge on any atom is 0.472 e. The second-order valence-electron chi connectivity index (χ2n) is 19.4. The maximum atomic E-state index is 12.9. The summed E-state index contributed by atoms with van der Waals surface area (Å²) in [6.07, 6.45) is 63.9. The number of aliphatic hydroxyl groups is 1. The Hall–Kier alpha value is -3.34. The third-order valence-corrected chi connectivity index (χ3v) is 13.3. The first-order chi connectivity index (χ1) is 36.2. The Balaban J connectivity index is 4.69. The molecule has 0 aromatic heterocycles. The number of unbranched alkanes of at least 4 members (excludes halogenated alkanes) is 23. The van der Waals surface area contributed by atoms with E-state index < -0.39 is 57.8 Å². The molecule has 0 fully saturated rings. The van der Waals surface area contributed by atoms with Crippen LogP contribution < -0.4 is 0 Å². The van der Waals surface area contributed by atoms with E-state index in [0.29, 0.717) is 19.3 Å². The molecule has 0 radical (unpaired) electrons. The topological polar surface area (TPSA) is 155 Å². The number of carbonyl (C=O) groups excluding carboxylic acids is 3. The average molecular weight is 1060 g/mol. The molecule has 3 atom stereocenters. The minimum atomic E-state index is -4.76. The molecule has 0 aliphatic carbocycles. The van der Waals surface area contributed by atoms with Gasteiger partial charge >= 0.3 is 25.7 Å². The van der Waals surface area contributed by atoms with Crippen molar-refractivity contribution in [2.24, 2.45) is 0 Å². The minimum absolute atomic E-state index is 0.149. The first-order valence-electron chi connectivity index (χ1n) is 29.5. The number of hydrogen-bond donors (Lipinski definition) is 2. The highest BCUT2D eigenvalue weighted by molar-refractivity contribution is 7.47. The molecular weight excluding hydrogens is 952 g/mol. The smallest absolute Gasteiger partial charge is 0.462 e. The van der Waals surface area contributed by atoms with Gasteiger partial charge in [0, 0.05) is 19.3 Å². The van der Waals surface area contributed by atoms with Crippen LogP contribution in [-0.2, 0) is 42.2 Å². The zero-order valence-corrected chi connectivity index (χ0v) is 47.9. The monoisotopic (exact) mass is 1060 g/mol. The number of phosphoric acid groups is 1. The van der Waals surface area contributed by atoms with Crippen LogP contribution >= 0.6 is 7.82 Å². The predicted octanol–water partition coefficient (Wildman–Crippen LogP) is 17.5. The van der Waals surface area contributed by atoms with Crippen LogP contribution in [0.5, 0.6) is 0 Å². The Kier molecular flexibility index (Phi) is 53.4. The second kappa shape index (κ2) is 55.9. The molecule has 0 aromatic rings. The number of rotatable bonds is 54. The molecule has 0 saturated heterocycles. The highest BCUT2D eigenvalue weighted by Crippen LogP contribution is 2.43. The lowest BCUT2D eigenvalue weighted by Gasteiger charge is -2.21. The SMILES string of the molecule is CC/C=C\C/C=C\C/C=C\C/C=C\CCCCCCCCC(=O)OC(COC(=O)CCCCCCCCCCCCC)COP(=O)(O)OCC(CO)OC(=O)CCCCCCCCC/C=C\C/C=C\C/C=C\CC. The Labute approximate surface area is 451 Å². The van der Waals surface area contributed by atoms with E-state index in [-0.39, 0.29) is 25.9 Å². The zero-order chi connectivity index (χ0) is 54.1. The fraction of sp³-hybridized carbons (Fsp3) is 0.726. The molecule has 0 amide bonds. The molecule has 0 aromatic carbocycles. The molecule has 0 aliphatic heterocycles. The average Bonchev–Trinajstić information content (AvgIpc) is 3.39. The summed E-state index contributed by atoms with van der Waals surface area (Å²) in [6, 6.07) is 0. The van der Waals surface area contributed by atoms with Crippen molar-refractivity contribution in [2.75, 3.05) is 26.4 Å². The summed E-state index contributed by atoms with van der Waals surface area (Å²) in [6.45, 7) is 4.40. The molecule has 74 heavy (non-hydrogen) atoms. The van der Waals surface area contributed by atoms with Gasteiger partial charge in [0.05, 0.1) is 19.8 Å². The van der Waals surface area contributed by atoms with Crippen LogP contribution in [0.2, 0.25) is 0 Å². The molecule has 0 saturated carbocycles. The molecular formula is C62H107O11P. The number of esters is 3. The van der Waals surface area contributed by atoms with Gasteiger partial charge in [0.1, 0.15) is 12.7 Å². The van der Waals surface area contributed by atoms with E-state index in [4.69, 9.17) is 23.3 Å². The van der Waals surface area contributed by atoms with Crippen molar-refractivity contribution < 1.29 is 52.2 Å².